The van der Waals surface area contributed by atoms with Gasteiger partial charge >= 0.3 is 0 Å². The van der Waals surface area contributed by atoms with Crippen molar-refractivity contribution in [2.75, 3.05) is 4.72 Å². The van der Waals surface area contributed by atoms with E-state index >= 15 is 0 Å². The van der Waals surface area contributed by atoms with Gasteiger partial charge in [-0.3, -0.25) is 4.72 Å². The summed E-state index contributed by atoms with van der Waals surface area (Å²) in [5.41, 5.74) is 1.57. The van der Waals surface area contributed by atoms with Crippen molar-refractivity contribution in [2.24, 2.45) is 0 Å². The zero-order valence-electron chi connectivity index (χ0n) is 9.90. The highest BCUT2D eigenvalue weighted by molar-refractivity contribution is 14.1. The summed E-state index contributed by atoms with van der Waals surface area (Å²) in [5, 5.41) is 0. The first kappa shape index (κ1) is 13.8. The molecule has 0 atom stereocenters. The highest BCUT2D eigenvalue weighted by Gasteiger charge is 2.17. The lowest BCUT2D eigenvalue weighted by atomic mass is 10.2. The van der Waals surface area contributed by atoms with E-state index in [0.29, 0.717) is 9.90 Å². The molecular weight excluding hydrogens is 381 g/mol. The Morgan fingerprint density at radius 1 is 1.17 bits per heavy atom. The maximum atomic E-state index is 12.2. The third-order valence-corrected chi connectivity index (χ3v) is 6.52. The Morgan fingerprint density at radius 2 is 1.89 bits per heavy atom. The van der Waals surface area contributed by atoms with Gasteiger partial charge in [0.25, 0.3) is 10.0 Å². The highest BCUT2D eigenvalue weighted by atomic mass is 127. The van der Waals surface area contributed by atoms with Gasteiger partial charge in [-0.25, -0.2) is 8.42 Å². The summed E-state index contributed by atoms with van der Waals surface area (Å²) in [5.74, 6) is 0. The highest BCUT2D eigenvalue weighted by Crippen LogP contribution is 2.26. The Kier molecular flexibility index (Phi) is 3.98. The number of aryl methyl sites for hydroxylation is 1. The topological polar surface area (TPSA) is 46.2 Å². The maximum absolute atomic E-state index is 12.2. The average molecular weight is 393 g/mol. The third kappa shape index (κ3) is 2.86. The number of halogens is 1. The van der Waals surface area contributed by atoms with E-state index < -0.39 is 10.0 Å². The molecule has 0 radical (unpaired) electrons. The van der Waals surface area contributed by atoms with Crippen LogP contribution in [0.25, 0.3) is 0 Å². The number of hydrogen-bond acceptors (Lipinski definition) is 3. The quantitative estimate of drug-likeness (QED) is 0.808. The van der Waals surface area contributed by atoms with Gasteiger partial charge in [-0.1, -0.05) is 6.07 Å². The Labute approximate surface area is 124 Å². The number of benzene rings is 1. The lowest BCUT2D eigenvalue weighted by Crippen LogP contribution is -2.12. The monoisotopic (exact) mass is 393 g/mol. The molecule has 96 valence electrons. The predicted molar refractivity (Wildman–Crippen MR) is 83.8 cm³/mol. The molecule has 0 unspecified atom stereocenters. The van der Waals surface area contributed by atoms with Crippen LogP contribution in [-0.2, 0) is 10.0 Å². The minimum absolute atomic E-state index is 0.346. The van der Waals surface area contributed by atoms with Crippen LogP contribution in [0.2, 0.25) is 0 Å². The predicted octanol–water partition coefficient (Wildman–Crippen LogP) is 3.77. The summed E-state index contributed by atoms with van der Waals surface area (Å²) in [6, 6.07) is 9.00. The van der Waals surface area contributed by atoms with Crippen molar-refractivity contribution in [3.05, 3.63) is 44.3 Å². The molecule has 0 spiro atoms. The smallest absolute Gasteiger partial charge is 0.271 e. The lowest BCUT2D eigenvalue weighted by Gasteiger charge is -2.10. The molecule has 1 heterocycles. The van der Waals surface area contributed by atoms with E-state index in [1.165, 1.54) is 11.3 Å². The summed E-state index contributed by atoms with van der Waals surface area (Å²) in [7, 11) is -3.47. The second-order valence-electron chi connectivity index (χ2n) is 3.88. The Bertz CT molecular complexity index is 677. The fourth-order valence-corrected chi connectivity index (χ4v) is 4.37. The van der Waals surface area contributed by atoms with Crippen LogP contribution in [0.5, 0.6) is 0 Å². The van der Waals surface area contributed by atoms with Gasteiger partial charge in [-0.15, -0.1) is 11.3 Å². The normalized spacial score (nSPS) is 11.5. The van der Waals surface area contributed by atoms with Gasteiger partial charge in [-0.2, -0.15) is 0 Å². The van der Waals surface area contributed by atoms with Gasteiger partial charge in [0.1, 0.15) is 4.21 Å². The second kappa shape index (κ2) is 5.18. The zero-order chi connectivity index (χ0) is 13.3. The molecule has 6 heteroatoms. The van der Waals surface area contributed by atoms with E-state index in [9.17, 15) is 8.42 Å². The van der Waals surface area contributed by atoms with Gasteiger partial charge in [0.15, 0.2) is 0 Å². The Morgan fingerprint density at radius 3 is 2.50 bits per heavy atom. The molecule has 2 aromatic rings. The number of anilines is 1. The SMILES string of the molecule is Cc1ccc(S(=O)(=O)Nc2cccc(I)c2C)s1. The Hall–Kier alpha value is -0.600. The lowest BCUT2D eigenvalue weighted by molar-refractivity contribution is 0.603. The minimum atomic E-state index is -3.47. The molecule has 0 saturated carbocycles. The van der Waals surface area contributed by atoms with Crippen LogP contribution in [0.15, 0.2) is 34.5 Å². The molecule has 0 aliphatic heterocycles. The van der Waals surface area contributed by atoms with E-state index in [4.69, 9.17) is 0 Å². The summed E-state index contributed by atoms with van der Waals surface area (Å²) in [6.45, 7) is 3.79. The molecule has 0 bridgehead atoms. The van der Waals surface area contributed by atoms with Crippen LogP contribution < -0.4 is 4.72 Å². The summed E-state index contributed by atoms with van der Waals surface area (Å²) < 4.78 is 28.4. The van der Waals surface area contributed by atoms with Gasteiger partial charge < -0.3 is 0 Å². The van der Waals surface area contributed by atoms with E-state index in [0.717, 1.165) is 14.0 Å². The number of rotatable bonds is 3. The van der Waals surface area contributed by atoms with E-state index in [1.54, 1.807) is 18.2 Å². The molecule has 0 fully saturated rings. The fourth-order valence-electron chi connectivity index (χ4n) is 1.47. The van der Waals surface area contributed by atoms with Crippen molar-refractivity contribution < 1.29 is 8.42 Å². The summed E-state index contributed by atoms with van der Waals surface area (Å²) in [4.78, 5) is 0.981. The zero-order valence-corrected chi connectivity index (χ0v) is 13.7. The van der Waals surface area contributed by atoms with E-state index in [-0.39, 0.29) is 0 Å². The number of sulfonamides is 1. The van der Waals surface area contributed by atoms with Gasteiger partial charge in [0, 0.05) is 8.45 Å². The first-order chi connectivity index (χ1) is 8.40. The fraction of sp³-hybridized carbons (Fsp3) is 0.167. The van der Waals surface area contributed by atoms with Crippen molar-refractivity contribution in [2.45, 2.75) is 18.1 Å². The van der Waals surface area contributed by atoms with Gasteiger partial charge in [0.05, 0.1) is 5.69 Å². The maximum Gasteiger partial charge on any atom is 0.271 e. The first-order valence-electron chi connectivity index (χ1n) is 5.24. The molecule has 18 heavy (non-hydrogen) atoms. The summed E-state index contributed by atoms with van der Waals surface area (Å²) >= 11 is 3.46. The Balaban J connectivity index is 2.37. The number of hydrogen-bond donors (Lipinski definition) is 1. The van der Waals surface area contributed by atoms with Crippen molar-refractivity contribution in [3.8, 4) is 0 Å². The summed E-state index contributed by atoms with van der Waals surface area (Å²) in [6.07, 6.45) is 0. The van der Waals surface area contributed by atoms with Gasteiger partial charge in [0.2, 0.25) is 0 Å². The molecule has 1 aromatic heterocycles. The van der Waals surface area contributed by atoms with Crippen molar-refractivity contribution in [1.29, 1.82) is 0 Å². The molecule has 3 nitrogen and oxygen atoms in total. The average Bonchev–Trinajstić information content (AvgIpc) is 2.72. The molecule has 2 rings (SSSR count). The molecule has 1 N–H and O–H groups in total. The minimum Gasteiger partial charge on any atom is -0.279 e. The van der Waals surface area contributed by atoms with E-state index in [1.807, 2.05) is 26.0 Å². The number of nitrogens with one attached hydrogen (secondary N) is 1. The standard InChI is InChI=1S/C12H12INO2S2/c1-8-6-7-12(17-8)18(15,16)14-11-5-3-4-10(13)9(11)2/h3-7,14H,1-2H3. The van der Waals surface area contributed by atoms with Crippen LogP contribution in [0, 0.1) is 17.4 Å². The van der Waals surface area contributed by atoms with E-state index in [2.05, 4.69) is 27.3 Å². The molecular formula is C12H12INO2S2. The molecule has 1 aromatic carbocycles. The number of thiophene rings is 1. The molecule has 0 saturated heterocycles. The first-order valence-corrected chi connectivity index (χ1v) is 8.62. The molecule has 0 amide bonds. The third-order valence-electron chi connectivity index (χ3n) is 2.49. The van der Waals surface area contributed by atoms with Gasteiger partial charge in [-0.05, 0) is 66.3 Å². The second-order valence-corrected chi connectivity index (χ2v) is 8.24. The van der Waals surface area contributed by atoms with Crippen molar-refractivity contribution in [1.82, 2.24) is 0 Å². The van der Waals surface area contributed by atoms with Crippen LogP contribution in [0.4, 0.5) is 5.69 Å². The van der Waals surface area contributed by atoms with Crippen LogP contribution in [0.3, 0.4) is 0 Å². The van der Waals surface area contributed by atoms with Crippen molar-refractivity contribution in [3.63, 3.8) is 0 Å². The largest absolute Gasteiger partial charge is 0.279 e. The van der Waals surface area contributed by atoms with Crippen molar-refractivity contribution >= 4 is 49.6 Å². The molecule has 0 aliphatic carbocycles. The van der Waals surface area contributed by atoms with Crippen LogP contribution in [0.1, 0.15) is 10.4 Å². The molecule has 0 aliphatic rings. The van der Waals surface area contributed by atoms with Crippen LogP contribution in [-0.4, -0.2) is 8.42 Å². The van der Waals surface area contributed by atoms with Crippen LogP contribution >= 0.6 is 33.9 Å².